The standard InChI is InChI=1S/C18H17F3N4O2/c19-18(20,21)8-16-23-24-17(27-16)25-9-12(15(26)10-25)7-11-5-6-22-14-4-2-1-3-13(11)14/h1-6,12,15,26H,7-10H2/t12-,15+/m1/s1. The van der Waals surface area contributed by atoms with E-state index in [2.05, 4.69) is 15.2 Å². The Morgan fingerprint density at radius 2 is 1.96 bits per heavy atom. The number of aliphatic hydroxyl groups excluding tert-OH is 1. The highest BCUT2D eigenvalue weighted by atomic mass is 19.4. The molecule has 1 aliphatic heterocycles. The Hall–Kier alpha value is -2.68. The Labute approximate surface area is 152 Å². The van der Waals surface area contributed by atoms with Gasteiger partial charge in [-0.05, 0) is 24.1 Å². The van der Waals surface area contributed by atoms with E-state index < -0.39 is 24.6 Å². The summed E-state index contributed by atoms with van der Waals surface area (Å²) in [6.45, 7) is 0.660. The van der Waals surface area contributed by atoms with Gasteiger partial charge in [0.25, 0.3) is 0 Å². The minimum atomic E-state index is -4.40. The molecule has 0 bridgehead atoms. The van der Waals surface area contributed by atoms with Crippen LogP contribution >= 0.6 is 0 Å². The number of para-hydroxylation sites is 1. The molecule has 9 heteroatoms. The average molecular weight is 378 g/mol. The van der Waals surface area contributed by atoms with E-state index in [-0.39, 0.29) is 18.5 Å². The van der Waals surface area contributed by atoms with Crippen LogP contribution in [0.5, 0.6) is 0 Å². The number of aliphatic hydroxyl groups is 1. The van der Waals surface area contributed by atoms with Crippen molar-refractivity contribution in [3.63, 3.8) is 0 Å². The second-order valence-electron chi connectivity index (χ2n) is 6.69. The van der Waals surface area contributed by atoms with E-state index >= 15 is 0 Å². The van der Waals surface area contributed by atoms with E-state index in [9.17, 15) is 18.3 Å². The van der Waals surface area contributed by atoms with Crippen molar-refractivity contribution in [2.75, 3.05) is 18.0 Å². The van der Waals surface area contributed by atoms with Crippen LogP contribution in [0.4, 0.5) is 19.2 Å². The number of rotatable bonds is 4. The minimum absolute atomic E-state index is 0.00962. The molecule has 142 valence electrons. The van der Waals surface area contributed by atoms with Crippen LogP contribution in [-0.4, -0.2) is 45.7 Å². The zero-order valence-electron chi connectivity index (χ0n) is 14.2. The number of β-amino-alcohol motifs (C(OH)–C–C–N with tert-alkyl or cyclic N) is 1. The van der Waals surface area contributed by atoms with E-state index in [1.54, 1.807) is 11.1 Å². The third-order valence-electron chi connectivity index (χ3n) is 4.71. The molecule has 0 radical (unpaired) electrons. The number of alkyl halides is 3. The van der Waals surface area contributed by atoms with Crippen LogP contribution in [0.25, 0.3) is 10.9 Å². The maximum Gasteiger partial charge on any atom is 0.397 e. The highest BCUT2D eigenvalue weighted by molar-refractivity contribution is 5.81. The summed E-state index contributed by atoms with van der Waals surface area (Å²) >= 11 is 0. The van der Waals surface area contributed by atoms with Gasteiger partial charge in [-0.25, -0.2) is 0 Å². The number of hydrogen-bond acceptors (Lipinski definition) is 6. The highest BCUT2D eigenvalue weighted by Crippen LogP contribution is 2.29. The molecule has 2 aromatic heterocycles. The second kappa shape index (κ2) is 6.80. The Bertz CT molecular complexity index is 938. The van der Waals surface area contributed by atoms with Gasteiger partial charge in [0, 0.05) is 30.6 Å². The zero-order chi connectivity index (χ0) is 19.0. The van der Waals surface area contributed by atoms with Gasteiger partial charge in [0.1, 0.15) is 6.42 Å². The van der Waals surface area contributed by atoms with E-state index in [0.717, 1.165) is 16.5 Å². The molecule has 1 aliphatic rings. The lowest BCUT2D eigenvalue weighted by Gasteiger charge is -2.15. The van der Waals surface area contributed by atoms with Crippen LogP contribution in [0.15, 0.2) is 40.9 Å². The van der Waals surface area contributed by atoms with Gasteiger partial charge in [-0.1, -0.05) is 23.3 Å². The lowest BCUT2D eigenvalue weighted by molar-refractivity contribution is -0.130. The zero-order valence-corrected chi connectivity index (χ0v) is 14.2. The molecule has 6 nitrogen and oxygen atoms in total. The number of hydrogen-bond donors (Lipinski definition) is 1. The van der Waals surface area contributed by atoms with E-state index in [1.807, 2.05) is 30.3 Å². The van der Waals surface area contributed by atoms with Crippen molar-refractivity contribution >= 4 is 16.9 Å². The molecule has 4 rings (SSSR count). The fourth-order valence-corrected chi connectivity index (χ4v) is 3.44. The topological polar surface area (TPSA) is 75.3 Å². The Morgan fingerprint density at radius 1 is 1.15 bits per heavy atom. The molecule has 27 heavy (non-hydrogen) atoms. The number of anilines is 1. The van der Waals surface area contributed by atoms with Crippen molar-refractivity contribution in [3.8, 4) is 0 Å². The molecule has 0 spiro atoms. The predicted molar refractivity (Wildman–Crippen MR) is 91.2 cm³/mol. The molecule has 0 saturated carbocycles. The summed E-state index contributed by atoms with van der Waals surface area (Å²) in [5, 5.41) is 18.6. The first kappa shape index (κ1) is 17.7. The van der Waals surface area contributed by atoms with Gasteiger partial charge < -0.3 is 14.4 Å². The Morgan fingerprint density at radius 3 is 2.78 bits per heavy atom. The molecule has 1 fully saturated rings. The van der Waals surface area contributed by atoms with Gasteiger partial charge >= 0.3 is 12.2 Å². The molecule has 0 unspecified atom stereocenters. The van der Waals surface area contributed by atoms with Gasteiger partial charge in [0.05, 0.1) is 11.6 Å². The summed E-state index contributed by atoms with van der Waals surface area (Å²) in [7, 11) is 0. The van der Waals surface area contributed by atoms with Gasteiger partial charge in [-0.2, -0.15) is 13.2 Å². The fourth-order valence-electron chi connectivity index (χ4n) is 3.44. The van der Waals surface area contributed by atoms with Crippen molar-refractivity contribution in [1.82, 2.24) is 15.2 Å². The average Bonchev–Trinajstić information content (AvgIpc) is 3.21. The van der Waals surface area contributed by atoms with Crippen LogP contribution in [0, 0.1) is 5.92 Å². The van der Waals surface area contributed by atoms with Crippen molar-refractivity contribution in [2.45, 2.75) is 25.1 Å². The minimum Gasteiger partial charge on any atom is -0.408 e. The lowest BCUT2D eigenvalue weighted by Crippen LogP contribution is -2.21. The summed E-state index contributed by atoms with van der Waals surface area (Å²) in [4.78, 5) is 5.96. The number of benzene rings is 1. The van der Waals surface area contributed by atoms with Crippen molar-refractivity contribution in [1.29, 1.82) is 0 Å². The molecule has 1 N–H and O–H groups in total. The van der Waals surface area contributed by atoms with Gasteiger partial charge in [0.15, 0.2) is 0 Å². The smallest absolute Gasteiger partial charge is 0.397 e. The summed E-state index contributed by atoms with van der Waals surface area (Å²) in [5.74, 6) is -0.579. The molecule has 1 saturated heterocycles. The fraction of sp³-hybridized carbons (Fsp3) is 0.389. The SMILES string of the molecule is O[C@H]1CN(c2nnc(CC(F)(F)F)o2)C[C@H]1Cc1ccnc2ccccc12. The molecular formula is C18H17F3N4O2. The first-order chi connectivity index (χ1) is 12.9. The van der Waals surface area contributed by atoms with Gasteiger partial charge in [-0.15, -0.1) is 5.10 Å². The quantitative estimate of drug-likeness (QED) is 0.753. The lowest BCUT2D eigenvalue weighted by atomic mass is 9.94. The summed E-state index contributed by atoms with van der Waals surface area (Å²) in [6.07, 6.45) is -3.96. The van der Waals surface area contributed by atoms with Gasteiger partial charge in [-0.3, -0.25) is 4.98 Å². The Kier molecular flexibility index (Phi) is 4.47. The molecular weight excluding hydrogens is 361 g/mol. The molecule has 3 aromatic rings. The Balaban J connectivity index is 1.49. The van der Waals surface area contributed by atoms with Crippen LogP contribution in [0.3, 0.4) is 0 Å². The first-order valence-corrected chi connectivity index (χ1v) is 8.54. The van der Waals surface area contributed by atoms with E-state index in [0.29, 0.717) is 13.0 Å². The van der Waals surface area contributed by atoms with Crippen LogP contribution < -0.4 is 4.90 Å². The largest absolute Gasteiger partial charge is 0.408 e. The van der Waals surface area contributed by atoms with Crippen LogP contribution in [0.2, 0.25) is 0 Å². The molecule has 2 atom stereocenters. The van der Waals surface area contributed by atoms with Crippen LogP contribution in [0.1, 0.15) is 11.5 Å². The number of pyridine rings is 1. The first-order valence-electron chi connectivity index (χ1n) is 8.54. The molecule has 1 aromatic carbocycles. The summed E-state index contributed by atoms with van der Waals surface area (Å²) < 4.78 is 42.4. The third kappa shape index (κ3) is 3.87. The van der Waals surface area contributed by atoms with Gasteiger partial charge in [0.2, 0.25) is 5.89 Å². The van der Waals surface area contributed by atoms with Crippen molar-refractivity contribution in [3.05, 3.63) is 48.0 Å². The second-order valence-corrected chi connectivity index (χ2v) is 6.69. The van der Waals surface area contributed by atoms with E-state index in [4.69, 9.17) is 4.42 Å². The third-order valence-corrected chi connectivity index (χ3v) is 4.71. The van der Waals surface area contributed by atoms with Crippen LogP contribution in [-0.2, 0) is 12.8 Å². The maximum atomic E-state index is 12.4. The van der Waals surface area contributed by atoms with Crippen molar-refractivity contribution < 1.29 is 22.7 Å². The normalized spacial score (nSPS) is 20.5. The predicted octanol–water partition coefficient (Wildman–Crippen LogP) is 2.76. The monoisotopic (exact) mass is 378 g/mol. The molecule has 0 amide bonds. The summed E-state index contributed by atoms with van der Waals surface area (Å²) in [5.41, 5.74) is 1.95. The number of fused-ring (bicyclic) bond motifs is 1. The number of aromatic nitrogens is 3. The maximum absolute atomic E-state index is 12.4. The molecule has 0 aliphatic carbocycles. The van der Waals surface area contributed by atoms with E-state index in [1.165, 1.54) is 0 Å². The highest BCUT2D eigenvalue weighted by Gasteiger charge is 2.36. The van der Waals surface area contributed by atoms with Crippen molar-refractivity contribution in [2.24, 2.45) is 5.92 Å². The number of nitrogens with zero attached hydrogens (tertiary/aromatic N) is 4. The number of halogens is 3. The molecule has 3 heterocycles. The summed E-state index contributed by atoms with van der Waals surface area (Å²) in [6, 6.07) is 9.70.